The Hall–Kier alpha value is -0.920. The summed E-state index contributed by atoms with van der Waals surface area (Å²) in [6.45, 7) is 4.45. The second kappa shape index (κ2) is 3.68. The van der Waals surface area contributed by atoms with Crippen LogP contribution in [0.1, 0.15) is 50.9 Å². The van der Waals surface area contributed by atoms with Gasteiger partial charge in [0.2, 0.25) is 0 Å². The fraction of sp³-hybridized carbons (Fsp3) is 0.667. The Morgan fingerprint density at radius 3 is 2.43 bits per heavy atom. The van der Waals surface area contributed by atoms with Gasteiger partial charge in [-0.2, -0.15) is 0 Å². The molecule has 0 atom stereocenters. The predicted octanol–water partition coefficient (Wildman–Crippen LogP) is 2.87. The van der Waals surface area contributed by atoms with Gasteiger partial charge in [0, 0.05) is 17.8 Å². The molecule has 1 aliphatic carbocycles. The van der Waals surface area contributed by atoms with Crippen LogP contribution in [-0.4, -0.2) is 9.97 Å². The van der Waals surface area contributed by atoms with Gasteiger partial charge < -0.3 is 0 Å². The van der Waals surface area contributed by atoms with Gasteiger partial charge in [0.25, 0.3) is 0 Å². The standard InChI is InChI=1S/C12H18N2/c1-3-4-5-10-8-13-11(14-9-10)12(2)6-7-12/h8-9H,3-7H2,1-2H3. The van der Waals surface area contributed by atoms with E-state index >= 15 is 0 Å². The van der Waals surface area contributed by atoms with Crippen LogP contribution in [0.3, 0.4) is 0 Å². The van der Waals surface area contributed by atoms with E-state index in [1.807, 2.05) is 12.4 Å². The Morgan fingerprint density at radius 2 is 1.93 bits per heavy atom. The first-order valence-electron chi connectivity index (χ1n) is 5.56. The average molecular weight is 190 g/mol. The molecule has 0 radical (unpaired) electrons. The molecule has 1 aromatic rings. The van der Waals surface area contributed by atoms with Crippen LogP contribution in [0.25, 0.3) is 0 Å². The van der Waals surface area contributed by atoms with E-state index in [-0.39, 0.29) is 0 Å². The number of hydrogen-bond donors (Lipinski definition) is 0. The van der Waals surface area contributed by atoms with Crippen LogP contribution in [0.2, 0.25) is 0 Å². The Balaban J connectivity index is 2.03. The van der Waals surface area contributed by atoms with E-state index in [9.17, 15) is 0 Å². The van der Waals surface area contributed by atoms with E-state index in [2.05, 4.69) is 23.8 Å². The van der Waals surface area contributed by atoms with Crippen molar-refractivity contribution in [2.24, 2.45) is 0 Å². The maximum absolute atomic E-state index is 4.45. The molecule has 0 N–H and O–H groups in total. The average Bonchev–Trinajstić information content (AvgIpc) is 2.96. The third-order valence-corrected chi connectivity index (χ3v) is 3.06. The number of rotatable bonds is 4. The minimum Gasteiger partial charge on any atom is -0.241 e. The summed E-state index contributed by atoms with van der Waals surface area (Å²) >= 11 is 0. The summed E-state index contributed by atoms with van der Waals surface area (Å²) in [6.07, 6.45) is 10.1. The first-order valence-corrected chi connectivity index (χ1v) is 5.56. The SMILES string of the molecule is CCCCc1cnc(C2(C)CC2)nc1. The lowest BCUT2D eigenvalue weighted by Gasteiger charge is -2.06. The van der Waals surface area contributed by atoms with E-state index < -0.39 is 0 Å². The van der Waals surface area contributed by atoms with Gasteiger partial charge in [0.15, 0.2) is 0 Å². The van der Waals surface area contributed by atoms with Gasteiger partial charge in [-0.1, -0.05) is 20.3 Å². The Morgan fingerprint density at radius 1 is 1.29 bits per heavy atom. The van der Waals surface area contributed by atoms with Gasteiger partial charge in [-0.3, -0.25) is 0 Å². The van der Waals surface area contributed by atoms with Crippen molar-refractivity contribution in [3.63, 3.8) is 0 Å². The molecule has 2 nitrogen and oxygen atoms in total. The molecule has 14 heavy (non-hydrogen) atoms. The third kappa shape index (κ3) is 1.94. The molecule has 2 rings (SSSR count). The van der Waals surface area contributed by atoms with Crippen LogP contribution >= 0.6 is 0 Å². The van der Waals surface area contributed by atoms with Gasteiger partial charge in [0.1, 0.15) is 5.82 Å². The van der Waals surface area contributed by atoms with E-state index in [1.165, 1.54) is 31.2 Å². The Labute approximate surface area is 85.8 Å². The molecule has 76 valence electrons. The minimum absolute atomic E-state index is 0.309. The second-order valence-electron chi connectivity index (χ2n) is 4.58. The highest BCUT2D eigenvalue weighted by Gasteiger charge is 2.41. The van der Waals surface area contributed by atoms with Gasteiger partial charge >= 0.3 is 0 Å². The second-order valence-corrected chi connectivity index (χ2v) is 4.58. The number of nitrogens with zero attached hydrogens (tertiary/aromatic N) is 2. The van der Waals surface area contributed by atoms with Crippen molar-refractivity contribution in [2.45, 2.75) is 51.4 Å². The van der Waals surface area contributed by atoms with Crippen LogP contribution in [0.15, 0.2) is 12.4 Å². The third-order valence-electron chi connectivity index (χ3n) is 3.06. The molecule has 0 unspecified atom stereocenters. The van der Waals surface area contributed by atoms with Crippen molar-refractivity contribution < 1.29 is 0 Å². The zero-order valence-electron chi connectivity index (χ0n) is 9.08. The van der Waals surface area contributed by atoms with Crippen molar-refractivity contribution in [1.29, 1.82) is 0 Å². The number of aromatic nitrogens is 2. The van der Waals surface area contributed by atoms with Crippen LogP contribution < -0.4 is 0 Å². The van der Waals surface area contributed by atoms with Crippen molar-refractivity contribution in [2.75, 3.05) is 0 Å². The topological polar surface area (TPSA) is 25.8 Å². The molecule has 1 saturated carbocycles. The largest absolute Gasteiger partial charge is 0.241 e. The summed E-state index contributed by atoms with van der Waals surface area (Å²) < 4.78 is 0. The lowest BCUT2D eigenvalue weighted by molar-refractivity contribution is 0.699. The monoisotopic (exact) mass is 190 g/mol. The zero-order valence-corrected chi connectivity index (χ0v) is 9.08. The fourth-order valence-corrected chi connectivity index (χ4v) is 1.59. The van der Waals surface area contributed by atoms with Crippen molar-refractivity contribution in [1.82, 2.24) is 9.97 Å². The molecule has 1 fully saturated rings. The summed E-state index contributed by atoms with van der Waals surface area (Å²) in [5.74, 6) is 1.04. The normalized spacial score (nSPS) is 18.1. The lowest BCUT2D eigenvalue weighted by atomic mass is 10.1. The summed E-state index contributed by atoms with van der Waals surface area (Å²) in [7, 11) is 0. The van der Waals surface area contributed by atoms with Gasteiger partial charge in [-0.05, 0) is 31.2 Å². The Kier molecular flexibility index (Phi) is 2.53. The van der Waals surface area contributed by atoms with E-state index in [4.69, 9.17) is 0 Å². The molecule has 0 bridgehead atoms. The first-order chi connectivity index (χ1) is 6.74. The number of aryl methyl sites for hydroxylation is 1. The molecular formula is C12H18N2. The fourth-order valence-electron chi connectivity index (χ4n) is 1.59. The highest BCUT2D eigenvalue weighted by Crippen LogP contribution is 2.45. The maximum atomic E-state index is 4.45. The minimum atomic E-state index is 0.309. The molecule has 1 aliphatic rings. The van der Waals surface area contributed by atoms with Crippen molar-refractivity contribution >= 4 is 0 Å². The molecule has 0 amide bonds. The maximum Gasteiger partial charge on any atom is 0.134 e. The van der Waals surface area contributed by atoms with E-state index in [0.717, 1.165) is 12.2 Å². The predicted molar refractivity (Wildman–Crippen MR) is 57.2 cm³/mol. The number of hydrogen-bond acceptors (Lipinski definition) is 2. The molecule has 0 aliphatic heterocycles. The van der Waals surface area contributed by atoms with E-state index in [0.29, 0.717) is 5.41 Å². The first kappa shape index (κ1) is 9.63. The van der Waals surface area contributed by atoms with Crippen molar-refractivity contribution in [3.8, 4) is 0 Å². The molecule has 0 saturated heterocycles. The Bertz CT molecular complexity index is 299. The molecule has 1 heterocycles. The molecule has 0 spiro atoms. The molecule has 1 aromatic heterocycles. The smallest absolute Gasteiger partial charge is 0.134 e. The van der Waals surface area contributed by atoms with Gasteiger partial charge in [-0.15, -0.1) is 0 Å². The summed E-state index contributed by atoms with van der Waals surface area (Å²) in [6, 6.07) is 0. The number of unbranched alkanes of at least 4 members (excludes halogenated alkanes) is 1. The zero-order chi connectivity index (χ0) is 10.0. The summed E-state index contributed by atoms with van der Waals surface area (Å²) in [5.41, 5.74) is 1.59. The van der Waals surface area contributed by atoms with Crippen LogP contribution in [0, 0.1) is 0 Å². The van der Waals surface area contributed by atoms with Crippen LogP contribution in [0.4, 0.5) is 0 Å². The van der Waals surface area contributed by atoms with Crippen LogP contribution in [0.5, 0.6) is 0 Å². The summed E-state index contributed by atoms with van der Waals surface area (Å²) in [4.78, 5) is 8.91. The highest BCUT2D eigenvalue weighted by molar-refractivity contribution is 5.17. The van der Waals surface area contributed by atoms with Gasteiger partial charge in [0.05, 0.1) is 0 Å². The highest BCUT2D eigenvalue weighted by atomic mass is 14.9. The van der Waals surface area contributed by atoms with Crippen LogP contribution in [-0.2, 0) is 11.8 Å². The van der Waals surface area contributed by atoms with E-state index in [1.54, 1.807) is 0 Å². The summed E-state index contributed by atoms with van der Waals surface area (Å²) in [5, 5.41) is 0. The quantitative estimate of drug-likeness (QED) is 0.729. The lowest BCUT2D eigenvalue weighted by Crippen LogP contribution is -2.06. The van der Waals surface area contributed by atoms with Gasteiger partial charge in [-0.25, -0.2) is 9.97 Å². The van der Waals surface area contributed by atoms with Crippen molar-refractivity contribution in [3.05, 3.63) is 23.8 Å². The molecular weight excluding hydrogens is 172 g/mol. The molecule has 0 aromatic carbocycles. The molecule has 2 heteroatoms.